The summed E-state index contributed by atoms with van der Waals surface area (Å²) in [4.78, 5) is 27.1. The lowest BCUT2D eigenvalue weighted by molar-refractivity contribution is -0.118. The maximum Gasteiger partial charge on any atom is 0.254 e. The predicted molar refractivity (Wildman–Crippen MR) is 97.3 cm³/mol. The van der Waals surface area contributed by atoms with Crippen LogP contribution in [0, 0.1) is 24.1 Å². The van der Waals surface area contributed by atoms with E-state index in [1.54, 1.807) is 12.1 Å². The van der Waals surface area contributed by atoms with Crippen molar-refractivity contribution in [3.8, 4) is 0 Å². The van der Waals surface area contributed by atoms with Crippen LogP contribution in [0.25, 0.3) is 0 Å². The van der Waals surface area contributed by atoms with Gasteiger partial charge in [0.15, 0.2) is 0 Å². The van der Waals surface area contributed by atoms with Crippen LogP contribution in [0.4, 0.5) is 10.1 Å². The first-order valence-corrected chi connectivity index (χ1v) is 8.90. The zero-order valence-electron chi connectivity index (χ0n) is 14.7. The molecule has 2 aliphatic rings. The summed E-state index contributed by atoms with van der Waals surface area (Å²) in [5, 5.41) is 2.80. The fourth-order valence-corrected chi connectivity index (χ4v) is 4.02. The van der Waals surface area contributed by atoms with Gasteiger partial charge < -0.3 is 10.2 Å². The van der Waals surface area contributed by atoms with Gasteiger partial charge in [-0.1, -0.05) is 24.3 Å². The number of carbonyl (C=O) groups is 2. The molecule has 4 nitrogen and oxygen atoms in total. The van der Waals surface area contributed by atoms with E-state index in [4.69, 9.17) is 0 Å². The van der Waals surface area contributed by atoms with Crippen LogP contribution in [0.3, 0.4) is 0 Å². The Morgan fingerprint density at radius 1 is 1.19 bits per heavy atom. The van der Waals surface area contributed by atoms with Crippen LogP contribution in [-0.4, -0.2) is 29.8 Å². The fourth-order valence-electron chi connectivity index (χ4n) is 4.02. The summed E-state index contributed by atoms with van der Waals surface area (Å²) in [5.74, 6) is -0.526. The molecule has 0 radical (unpaired) electrons. The fraction of sp³-hybridized carbons (Fsp3) is 0.333. The summed E-state index contributed by atoms with van der Waals surface area (Å²) in [6.07, 6.45) is 1.62. The Hall–Kier alpha value is -2.69. The van der Waals surface area contributed by atoms with Gasteiger partial charge in [-0.2, -0.15) is 0 Å². The molecule has 1 saturated carbocycles. The molecule has 0 bridgehead atoms. The van der Waals surface area contributed by atoms with E-state index in [1.807, 2.05) is 36.1 Å². The van der Waals surface area contributed by atoms with Crippen molar-refractivity contribution >= 4 is 17.5 Å². The van der Waals surface area contributed by atoms with Gasteiger partial charge in [0.2, 0.25) is 5.91 Å². The van der Waals surface area contributed by atoms with Gasteiger partial charge in [-0.25, -0.2) is 4.39 Å². The molecule has 2 amide bonds. The monoisotopic (exact) mass is 352 g/mol. The molecule has 1 saturated heterocycles. The first kappa shape index (κ1) is 16.8. The van der Waals surface area contributed by atoms with E-state index in [1.165, 1.54) is 12.1 Å². The molecule has 26 heavy (non-hydrogen) atoms. The minimum atomic E-state index is -0.371. The highest BCUT2D eigenvalue weighted by Gasteiger charge is 2.61. The van der Waals surface area contributed by atoms with Crippen LogP contribution in [0.5, 0.6) is 0 Å². The topological polar surface area (TPSA) is 49.4 Å². The Balaban J connectivity index is 1.41. The van der Waals surface area contributed by atoms with Crippen LogP contribution in [-0.2, 0) is 4.79 Å². The number of aryl methyl sites for hydroxylation is 1. The summed E-state index contributed by atoms with van der Waals surface area (Å²) < 4.78 is 13.3. The molecule has 2 aromatic rings. The van der Waals surface area contributed by atoms with E-state index in [2.05, 4.69) is 5.32 Å². The van der Waals surface area contributed by atoms with E-state index in [0.29, 0.717) is 18.8 Å². The van der Waals surface area contributed by atoms with Gasteiger partial charge in [-0.05, 0) is 49.6 Å². The van der Waals surface area contributed by atoms with Gasteiger partial charge in [0.25, 0.3) is 5.91 Å². The highest BCUT2D eigenvalue weighted by molar-refractivity contribution is 5.97. The second kappa shape index (κ2) is 6.24. The molecule has 1 spiro atoms. The summed E-state index contributed by atoms with van der Waals surface area (Å²) in [7, 11) is 0. The van der Waals surface area contributed by atoms with E-state index >= 15 is 0 Å². The lowest BCUT2D eigenvalue weighted by atomic mass is 10.0. The maximum atomic E-state index is 13.3. The van der Waals surface area contributed by atoms with E-state index in [-0.39, 0.29) is 29.0 Å². The summed E-state index contributed by atoms with van der Waals surface area (Å²) in [5.41, 5.74) is 2.05. The Morgan fingerprint density at radius 2 is 2.00 bits per heavy atom. The van der Waals surface area contributed by atoms with Crippen LogP contribution in [0.1, 0.15) is 28.8 Å². The quantitative estimate of drug-likeness (QED) is 0.917. The summed E-state index contributed by atoms with van der Waals surface area (Å²) in [6.45, 7) is 3.23. The Bertz CT molecular complexity index is 882. The molecular formula is C21H21FN2O2. The number of amides is 2. The number of likely N-dealkylation sites (tertiary alicyclic amines) is 1. The molecule has 0 unspecified atom stereocenters. The lowest BCUT2D eigenvalue weighted by Gasteiger charge is -2.18. The van der Waals surface area contributed by atoms with E-state index in [9.17, 15) is 14.0 Å². The average molecular weight is 352 g/mol. The number of nitrogens with one attached hydrogen (secondary N) is 1. The zero-order valence-corrected chi connectivity index (χ0v) is 14.7. The zero-order chi connectivity index (χ0) is 18.3. The van der Waals surface area contributed by atoms with Gasteiger partial charge in [-0.15, -0.1) is 0 Å². The third kappa shape index (κ3) is 2.98. The van der Waals surface area contributed by atoms with Crippen LogP contribution in [0.2, 0.25) is 0 Å². The highest BCUT2D eigenvalue weighted by Crippen LogP contribution is 2.59. The highest BCUT2D eigenvalue weighted by atomic mass is 19.1. The molecular weight excluding hydrogens is 331 g/mol. The molecule has 2 fully saturated rings. The summed E-state index contributed by atoms with van der Waals surface area (Å²) in [6, 6.07) is 13.5. The van der Waals surface area contributed by atoms with Crippen molar-refractivity contribution in [2.75, 3.05) is 18.4 Å². The third-order valence-electron chi connectivity index (χ3n) is 5.65. The van der Waals surface area contributed by atoms with E-state index < -0.39 is 0 Å². The predicted octanol–water partition coefficient (Wildman–Crippen LogP) is 3.63. The number of rotatable bonds is 3. The van der Waals surface area contributed by atoms with E-state index in [0.717, 1.165) is 24.0 Å². The third-order valence-corrected chi connectivity index (χ3v) is 5.65. The second-order valence-electron chi connectivity index (χ2n) is 7.41. The van der Waals surface area contributed by atoms with Crippen molar-refractivity contribution < 1.29 is 14.0 Å². The molecule has 2 aromatic carbocycles. The van der Waals surface area contributed by atoms with Gasteiger partial charge in [-0.3, -0.25) is 9.59 Å². The SMILES string of the molecule is Cc1ccccc1C(=O)N1CC[C@]2(C[C@@H]2C(=O)Nc2cccc(F)c2)C1. The molecule has 1 N–H and O–H groups in total. The summed E-state index contributed by atoms with van der Waals surface area (Å²) >= 11 is 0. The largest absolute Gasteiger partial charge is 0.338 e. The average Bonchev–Trinajstić information content (AvgIpc) is 3.15. The smallest absolute Gasteiger partial charge is 0.254 e. The van der Waals surface area contributed by atoms with Crippen molar-refractivity contribution in [3.63, 3.8) is 0 Å². The van der Waals surface area contributed by atoms with Gasteiger partial charge in [0, 0.05) is 35.7 Å². The van der Waals surface area contributed by atoms with Crippen molar-refractivity contribution in [2.24, 2.45) is 11.3 Å². The number of halogens is 1. The van der Waals surface area contributed by atoms with Crippen molar-refractivity contribution in [1.29, 1.82) is 0 Å². The van der Waals surface area contributed by atoms with Gasteiger partial charge in [0.05, 0.1) is 0 Å². The standard InChI is InChI=1S/C21H21FN2O2/c1-14-5-2-3-8-17(14)20(26)24-10-9-21(13-24)12-18(21)19(25)23-16-7-4-6-15(22)11-16/h2-8,11,18H,9-10,12-13H2,1H3,(H,23,25)/t18-,21+/m1/s1. The first-order chi connectivity index (χ1) is 12.5. The van der Waals surface area contributed by atoms with Gasteiger partial charge in [0.1, 0.15) is 5.82 Å². The molecule has 2 atom stereocenters. The van der Waals surface area contributed by atoms with Crippen LogP contribution in [0.15, 0.2) is 48.5 Å². The molecule has 4 rings (SSSR count). The first-order valence-electron chi connectivity index (χ1n) is 8.90. The molecule has 0 aromatic heterocycles. The van der Waals surface area contributed by atoms with Crippen LogP contribution >= 0.6 is 0 Å². The van der Waals surface area contributed by atoms with Crippen LogP contribution < -0.4 is 5.32 Å². The number of nitrogens with zero attached hydrogens (tertiary/aromatic N) is 1. The molecule has 1 aliphatic heterocycles. The van der Waals surface area contributed by atoms with Crippen molar-refractivity contribution in [2.45, 2.75) is 19.8 Å². The molecule has 1 heterocycles. The van der Waals surface area contributed by atoms with Crippen molar-refractivity contribution in [3.05, 3.63) is 65.5 Å². The Morgan fingerprint density at radius 3 is 2.77 bits per heavy atom. The molecule has 5 heteroatoms. The minimum Gasteiger partial charge on any atom is -0.338 e. The maximum absolute atomic E-state index is 13.3. The second-order valence-corrected chi connectivity index (χ2v) is 7.41. The lowest BCUT2D eigenvalue weighted by Crippen LogP contribution is -2.30. The Kier molecular flexibility index (Phi) is 4.02. The Labute approximate surface area is 152 Å². The normalized spacial score (nSPS) is 23.9. The molecule has 134 valence electrons. The number of hydrogen-bond acceptors (Lipinski definition) is 2. The molecule has 1 aliphatic carbocycles. The number of anilines is 1. The minimum absolute atomic E-state index is 0.0381. The number of hydrogen-bond donors (Lipinski definition) is 1. The number of benzene rings is 2. The number of carbonyl (C=O) groups excluding carboxylic acids is 2. The van der Waals surface area contributed by atoms with Gasteiger partial charge >= 0.3 is 0 Å². The van der Waals surface area contributed by atoms with Crippen molar-refractivity contribution in [1.82, 2.24) is 4.90 Å².